The first kappa shape index (κ1) is 10.9. The van der Waals surface area contributed by atoms with E-state index in [-0.39, 0.29) is 5.82 Å². The van der Waals surface area contributed by atoms with Crippen LogP contribution in [0.3, 0.4) is 0 Å². The molecular weight excluding hydrogens is 225 g/mol. The Balaban J connectivity index is 2.40. The summed E-state index contributed by atoms with van der Waals surface area (Å²) in [5.74, 6) is -0.301. The maximum atomic E-state index is 13.6. The standard InChI is InChI=1S/C11H12FN3S/c1-7-6-16-11(14-7)15(2)10-5-8(13)3-4-9(10)12/h3-6H,13H2,1-2H3. The van der Waals surface area contributed by atoms with Gasteiger partial charge in [-0.3, -0.25) is 0 Å². The second-order valence-corrected chi connectivity index (χ2v) is 4.38. The molecule has 0 saturated carbocycles. The maximum Gasteiger partial charge on any atom is 0.189 e. The van der Waals surface area contributed by atoms with Crippen molar-refractivity contribution in [2.24, 2.45) is 0 Å². The monoisotopic (exact) mass is 237 g/mol. The molecular formula is C11H12FN3S. The predicted octanol–water partition coefficient (Wildman–Crippen LogP) is 2.94. The molecule has 2 aromatic rings. The van der Waals surface area contributed by atoms with Crippen LogP contribution in [0.4, 0.5) is 20.9 Å². The topological polar surface area (TPSA) is 42.1 Å². The molecule has 2 rings (SSSR count). The second kappa shape index (κ2) is 4.09. The van der Waals surface area contributed by atoms with Crippen molar-refractivity contribution in [1.29, 1.82) is 0 Å². The molecule has 84 valence electrons. The summed E-state index contributed by atoms with van der Waals surface area (Å²) in [6, 6.07) is 4.51. The summed E-state index contributed by atoms with van der Waals surface area (Å²) in [6.45, 7) is 1.91. The number of nitrogen functional groups attached to an aromatic ring is 1. The summed E-state index contributed by atoms with van der Waals surface area (Å²) < 4.78 is 13.6. The third-order valence-electron chi connectivity index (χ3n) is 2.23. The fourth-order valence-electron chi connectivity index (χ4n) is 1.39. The lowest BCUT2D eigenvalue weighted by Gasteiger charge is -2.16. The van der Waals surface area contributed by atoms with Crippen molar-refractivity contribution in [3.63, 3.8) is 0 Å². The zero-order valence-corrected chi connectivity index (χ0v) is 9.88. The normalized spacial score (nSPS) is 10.4. The van der Waals surface area contributed by atoms with Gasteiger partial charge in [0, 0.05) is 18.1 Å². The van der Waals surface area contributed by atoms with Crippen LogP contribution in [-0.4, -0.2) is 12.0 Å². The van der Waals surface area contributed by atoms with E-state index in [9.17, 15) is 4.39 Å². The molecule has 1 aromatic carbocycles. The SMILES string of the molecule is Cc1csc(N(C)c2cc(N)ccc2F)n1. The fraction of sp³-hybridized carbons (Fsp3) is 0.182. The van der Waals surface area contributed by atoms with Gasteiger partial charge < -0.3 is 10.6 Å². The number of thiazole rings is 1. The zero-order valence-electron chi connectivity index (χ0n) is 9.07. The van der Waals surface area contributed by atoms with E-state index in [4.69, 9.17) is 5.73 Å². The van der Waals surface area contributed by atoms with Crippen LogP contribution in [-0.2, 0) is 0 Å². The highest BCUT2D eigenvalue weighted by Crippen LogP contribution is 2.29. The molecule has 0 spiro atoms. The van der Waals surface area contributed by atoms with E-state index in [0.717, 1.165) is 10.8 Å². The van der Waals surface area contributed by atoms with Crippen LogP contribution in [0.25, 0.3) is 0 Å². The van der Waals surface area contributed by atoms with Crippen LogP contribution >= 0.6 is 11.3 Å². The van der Waals surface area contributed by atoms with E-state index in [1.54, 1.807) is 24.1 Å². The Morgan fingerprint density at radius 3 is 2.81 bits per heavy atom. The number of anilines is 3. The van der Waals surface area contributed by atoms with Crippen molar-refractivity contribution < 1.29 is 4.39 Å². The van der Waals surface area contributed by atoms with E-state index in [1.165, 1.54) is 17.4 Å². The Morgan fingerprint density at radius 2 is 2.19 bits per heavy atom. The van der Waals surface area contributed by atoms with Crippen LogP contribution in [0, 0.1) is 12.7 Å². The van der Waals surface area contributed by atoms with Gasteiger partial charge in [0.1, 0.15) is 5.82 Å². The first-order valence-electron chi connectivity index (χ1n) is 4.79. The summed E-state index contributed by atoms with van der Waals surface area (Å²) in [4.78, 5) is 5.99. The summed E-state index contributed by atoms with van der Waals surface area (Å²) >= 11 is 1.47. The van der Waals surface area contributed by atoms with Crippen molar-refractivity contribution >= 4 is 27.8 Å². The first-order chi connectivity index (χ1) is 7.58. The number of hydrogen-bond acceptors (Lipinski definition) is 4. The third kappa shape index (κ3) is 1.99. The molecule has 0 atom stereocenters. The van der Waals surface area contributed by atoms with Crippen LogP contribution in [0.5, 0.6) is 0 Å². The van der Waals surface area contributed by atoms with Crippen LogP contribution in [0.2, 0.25) is 0 Å². The molecule has 0 aliphatic carbocycles. The molecule has 0 unspecified atom stereocenters. The molecule has 0 bridgehead atoms. The molecule has 0 radical (unpaired) electrons. The number of aryl methyl sites for hydroxylation is 1. The lowest BCUT2D eigenvalue weighted by Crippen LogP contribution is -2.11. The van der Waals surface area contributed by atoms with Crippen molar-refractivity contribution in [2.75, 3.05) is 17.7 Å². The van der Waals surface area contributed by atoms with E-state index in [2.05, 4.69) is 4.98 Å². The summed E-state index contributed by atoms with van der Waals surface area (Å²) in [7, 11) is 1.77. The van der Waals surface area contributed by atoms with Crippen LogP contribution in [0.15, 0.2) is 23.6 Å². The fourth-order valence-corrected chi connectivity index (χ4v) is 2.17. The minimum Gasteiger partial charge on any atom is -0.399 e. The Hall–Kier alpha value is -1.62. The predicted molar refractivity (Wildman–Crippen MR) is 65.7 cm³/mol. The Kier molecular flexibility index (Phi) is 2.78. The highest BCUT2D eigenvalue weighted by atomic mass is 32.1. The van der Waals surface area contributed by atoms with Crippen molar-refractivity contribution in [3.8, 4) is 0 Å². The molecule has 0 saturated heterocycles. The van der Waals surface area contributed by atoms with E-state index < -0.39 is 0 Å². The highest BCUT2D eigenvalue weighted by molar-refractivity contribution is 7.13. The van der Waals surface area contributed by atoms with Crippen LogP contribution in [0.1, 0.15) is 5.69 Å². The van der Waals surface area contributed by atoms with Gasteiger partial charge in [-0.25, -0.2) is 9.37 Å². The number of benzene rings is 1. The molecule has 1 aromatic heterocycles. The maximum absolute atomic E-state index is 13.6. The van der Waals surface area contributed by atoms with Gasteiger partial charge in [0.15, 0.2) is 5.13 Å². The molecule has 0 fully saturated rings. The van der Waals surface area contributed by atoms with Gasteiger partial charge in [0.05, 0.1) is 11.4 Å². The Morgan fingerprint density at radius 1 is 1.44 bits per heavy atom. The molecule has 3 nitrogen and oxygen atoms in total. The highest BCUT2D eigenvalue weighted by Gasteiger charge is 2.12. The molecule has 0 aliphatic rings. The van der Waals surface area contributed by atoms with Gasteiger partial charge in [-0.15, -0.1) is 11.3 Å². The zero-order chi connectivity index (χ0) is 11.7. The lowest BCUT2D eigenvalue weighted by molar-refractivity contribution is 0.628. The number of halogens is 1. The van der Waals surface area contributed by atoms with Gasteiger partial charge in [-0.1, -0.05) is 0 Å². The Labute approximate surface area is 97.3 Å². The second-order valence-electron chi connectivity index (χ2n) is 3.54. The number of hydrogen-bond donors (Lipinski definition) is 1. The van der Waals surface area contributed by atoms with Gasteiger partial charge >= 0.3 is 0 Å². The van der Waals surface area contributed by atoms with Gasteiger partial charge in [0.25, 0.3) is 0 Å². The summed E-state index contributed by atoms with van der Waals surface area (Å²) in [5.41, 5.74) is 7.54. The molecule has 0 amide bonds. The van der Waals surface area contributed by atoms with Gasteiger partial charge in [-0.2, -0.15) is 0 Å². The minimum atomic E-state index is -0.301. The van der Waals surface area contributed by atoms with E-state index in [0.29, 0.717) is 11.4 Å². The Bertz CT molecular complexity index is 510. The quantitative estimate of drug-likeness (QED) is 0.816. The number of nitrogens with zero attached hydrogens (tertiary/aromatic N) is 2. The molecule has 0 aliphatic heterocycles. The average molecular weight is 237 g/mol. The number of aromatic nitrogens is 1. The minimum absolute atomic E-state index is 0.301. The smallest absolute Gasteiger partial charge is 0.189 e. The molecule has 1 heterocycles. The van der Waals surface area contributed by atoms with Gasteiger partial charge in [-0.05, 0) is 25.1 Å². The van der Waals surface area contributed by atoms with Crippen molar-refractivity contribution in [3.05, 3.63) is 35.1 Å². The largest absolute Gasteiger partial charge is 0.399 e. The number of nitrogens with two attached hydrogens (primary N) is 1. The molecule has 5 heteroatoms. The van der Waals surface area contributed by atoms with Gasteiger partial charge in [0.2, 0.25) is 0 Å². The molecule has 16 heavy (non-hydrogen) atoms. The number of rotatable bonds is 2. The lowest BCUT2D eigenvalue weighted by atomic mass is 10.2. The van der Waals surface area contributed by atoms with Crippen LogP contribution < -0.4 is 10.6 Å². The van der Waals surface area contributed by atoms with Crippen molar-refractivity contribution in [2.45, 2.75) is 6.92 Å². The molecule has 2 N–H and O–H groups in total. The average Bonchev–Trinajstić information content (AvgIpc) is 2.67. The van der Waals surface area contributed by atoms with Crippen molar-refractivity contribution in [1.82, 2.24) is 4.98 Å². The third-order valence-corrected chi connectivity index (χ3v) is 3.26. The summed E-state index contributed by atoms with van der Waals surface area (Å²) in [6.07, 6.45) is 0. The van der Waals surface area contributed by atoms with E-state index in [1.807, 2.05) is 12.3 Å². The first-order valence-corrected chi connectivity index (χ1v) is 5.67. The van der Waals surface area contributed by atoms with E-state index >= 15 is 0 Å². The summed E-state index contributed by atoms with van der Waals surface area (Å²) in [5, 5.41) is 2.68.